The predicted molar refractivity (Wildman–Crippen MR) is 154 cm³/mol. The van der Waals surface area contributed by atoms with Crippen LogP contribution in [-0.4, -0.2) is 88.8 Å². The van der Waals surface area contributed by atoms with Crippen LogP contribution in [-0.2, 0) is 35.3 Å². The van der Waals surface area contributed by atoms with E-state index in [9.17, 15) is 39.0 Å². The normalized spacial score (nSPS) is 15.4. The number of benzene rings is 1. The van der Waals surface area contributed by atoms with Crippen molar-refractivity contribution >= 4 is 41.3 Å². The molecule has 43 heavy (non-hydrogen) atoms. The van der Waals surface area contributed by atoms with Crippen LogP contribution in [0.5, 0.6) is 0 Å². The molecule has 8 N–H and O–H groups in total. The van der Waals surface area contributed by atoms with Gasteiger partial charge in [0, 0.05) is 38.2 Å². The van der Waals surface area contributed by atoms with Crippen molar-refractivity contribution in [2.45, 2.75) is 70.4 Å². The van der Waals surface area contributed by atoms with E-state index in [1.807, 2.05) is 0 Å². The topological polar surface area (TPSA) is 229 Å². The van der Waals surface area contributed by atoms with Gasteiger partial charge < -0.3 is 46.9 Å². The SMILES string of the molecule is CC(=O)OCc1ccc(NC(=O)[C@H](CCCNC(N)=O)NC(=O)[C@H](CO)NC(=O)CCCCCN2C(=O)C=CC2O)cc1. The molecule has 1 heterocycles. The van der Waals surface area contributed by atoms with E-state index in [1.54, 1.807) is 24.3 Å². The van der Waals surface area contributed by atoms with Crippen LogP contribution in [0.3, 0.4) is 0 Å². The van der Waals surface area contributed by atoms with Gasteiger partial charge in [0.25, 0.3) is 0 Å². The van der Waals surface area contributed by atoms with Gasteiger partial charge in [0.2, 0.25) is 23.6 Å². The van der Waals surface area contributed by atoms with E-state index in [1.165, 1.54) is 24.0 Å². The molecule has 236 valence electrons. The Morgan fingerprint density at radius 2 is 1.72 bits per heavy atom. The van der Waals surface area contributed by atoms with Crippen LogP contribution in [0.1, 0.15) is 51.0 Å². The molecule has 0 aromatic heterocycles. The molecule has 1 aliphatic heterocycles. The fraction of sp³-hybridized carbons (Fsp3) is 0.500. The molecule has 1 aromatic carbocycles. The number of anilines is 1. The highest BCUT2D eigenvalue weighted by Crippen LogP contribution is 2.13. The lowest BCUT2D eigenvalue weighted by Gasteiger charge is -2.22. The van der Waals surface area contributed by atoms with Crippen molar-refractivity contribution in [3.8, 4) is 0 Å². The highest BCUT2D eigenvalue weighted by atomic mass is 16.5. The molecule has 0 spiro atoms. The number of carbonyl (C=O) groups excluding carboxylic acids is 6. The third kappa shape index (κ3) is 12.9. The van der Waals surface area contributed by atoms with E-state index in [2.05, 4.69) is 21.3 Å². The first-order valence-electron chi connectivity index (χ1n) is 13.9. The minimum atomic E-state index is -1.31. The van der Waals surface area contributed by atoms with Crippen molar-refractivity contribution < 1.29 is 43.7 Å². The minimum absolute atomic E-state index is 0.0642. The number of ether oxygens (including phenoxy) is 1. The Kier molecular flexibility index (Phi) is 14.6. The van der Waals surface area contributed by atoms with Crippen LogP contribution >= 0.6 is 0 Å². The molecule has 0 radical (unpaired) electrons. The molecule has 2 rings (SSSR count). The number of aliphatic hydroxyl groups is 2. The number of nitrogens with one attached hydrogen (secondary N) is 4. The molecule has 1 unspecified atom stereocenters. The van der Waals surface area contributed by atoms with Gasteiger partial charge in [0.15, 0.2) is 0 Å². The Bertz CT molecular complexity index is 1160. The van der Waals surface area contributed by atoms with E-state index >= 15 is 0 Å². The largest absolute Gasteiger partial charge is 0.461 e. The number of nitrogens with two attached hydrogens (primary N) is 1. The Hall–Kier alpha value is -4.50. The summed E-state index contributed by atoms with van der Waals surface area (Å²) in [5, 5.41) is 29.6. The summed E-state index contributed by atoms with van der Waals surface area (Å²) in [6.45, 7) is 1.16. The van der Waals surface area contributed by atoms with Gasteiger partial charge in [-0.15, -0.1) is 0 Å². The summed E-state index contributed by atoms with van der Waals surface area (Å²) in [5.41, 5.74) is 6.19. The van der Waals surface area contributed by atoms with Gasteiger partial charge in [-0.2, -0.15) is 0 Å². The van der Waals surface area contributed by atoms with Crippen LogP contribution < -0.4 is 27.0 Å². The maximum atomic E-state index is 13.0. The number of esters is 1. The molecular formula is C28H40N6O9. The van der Waals surface area contributed by atoms with Crippen LogP contribution in [0.2, 0.25) is 0 Å². The van der Waals surface area contributed by atoms with Gasteiger partial charge >= 0.3 is 12.0 Å². The first kappa shape index (κ1) is 34.7. The lowest BCUT2D eigenvalue weighted by molar-refractivity contribution is -0.142. The zero-order chi connectivity index (χ0) is 31.8. The summed E-state index contributed by atoms with van der Waals surface area (Å²) >= 11 is 0. The van der Waals surface area contributed by atoms with E-state index in [0.717, 1.165) is 0 Å². The number of urea groups is 1. The monoisotopic (exact) mass is 604 g/mol. The smallest absolute Gasteiger partial charge is 0.312 e. The first-order chi connectivity index (χ1) is 20.5. The highest BCUT2D eigenvalue weighted by Gasteiger charge is 2.27. The van der Waals surface area contributed by atoms with Crippen molar-refractivity contribution in [3.05, 3.63) is 42.0 Å². The molecule has 0 saturated carbocycles. The maximum Gasteiger partial charge on any atom is 0.312 e. The predicted octanol–water partition coefficient (Wildman–Crippen LogP) is -0.624. The Balaban J connectivity index is 1.88. The number of aliphatic hydroxyl groups excluding tert-OH is 2. The molecule has 6 amide bonds. The molecule has 15 nitrogen and oxygen atoms in total. The number of primary amides is 1. The molecular weight excluding hydrogens is 564 g/mol. The molecule has 0 bridgehead atoms. The fourth-order valence-electron chi connectivity index (χ4n) is 4.10. The minimum Gasteiger partial charge on any atom is -0.461 e. The summed E-state index contributed by atoms with van der Waals surface area (Å²) in [5.74, 6) is -2.52. The van der Waals surface area contributed by atoms with Gasteiger partial charge in [-0.25, -0.2) is 4.79 Å². The molecule has 0 fully saturated rings. The van der Waals surface area contributed by atoms with E-state index < -0.39 is 54.6 Å². The molecule has 0 aliphatic carbocycles. The second-order valence-electron chi connectivity index (χ2n) is 9.88. The van der Waals surface area contributed by atoms with Crippen LogP contribution in [0.15, 0.2) is 36.4 Å². The summed E-state index contributed by atoms with van der Waals surface area (Å²) in [6.07, 6.45) is 3.83. The zero-order valence-corrected chi connectivity index (χ0v) is 24.0. The summed E-state index contributed by atoms with van der Waals surface area (Å²) < 4.78 is 4.94. The molecule has 15 heteroatoms. The van der Waals surface area contributed by atoms with Gasteiger partial charge in [0.1, 0.15) is 24.9 Å². The summed E-state index contributed by atoms with van der Waals surface area (Å²) in [6, 6.07) is 3.40. The van der Waals surface area contributed by atoms with Crippen LogP contribution in [0.25, 0.3) is 0 Å². The number of nitrogens with zero attached hydrogens (tertiary/aromatic N) is 1. The average molecular weight is 605 g/mol. The van der Waals surface area contributed by atoms with Crippen molar-refractivity contribution in [2.75, 3.05) is 25.0 Å². The molecule has 3 atom stereocenters. The van der Waals surface area contributed by atoms with Gasteiger partial charge in [-0.3, -0.25) is 24.0 Å². The molecule has 1 aromatic rings. The Morgan fingerprint density at radius 3 is 2.33 bits per heavy atom. The standard InChI is InChI=1S/C28H40N6O9/c1-18(36)43-17-19-8-10-20(11-9-19)31-26(40)21(6-5-14-30-28(29)42)33-27(41)22(16-35)32-23(37)7-3-2-4-15-34-24(38)12-13-25(34)39/h8-13,21-22,24,35,38H,2-7,14-17H2,1H3,(H,31,40)(H,32,37)(H,33,41)(H3,29,30,42)/t21-,22-,24?/m0/s1. The number of amides is 6. The summed E-state index contributed by atoms with van der Waals surface area (Å²) in [7, 11) is 0. The number of unbranched alkanes of at least 4 members (excludes halogenated alkanes) is 2. The second-order valence-corrected chi connectivity index (χ2v) is 9.88. The lowest BCUT2D eigenvalue weighted by atomic mass is 10.1. The third-order valence-electron chi connectivity index (χ3n) is 6.42. The van der Waals surface area contributed by atoms with Crippen molar-refractivity contribution in [1.82, 2.24) is 20.9 Å². The lowest BCUT2D eigenvalue weighted by Crippen LogP contribution is -2.54. The number of hydrogen-bond acceptors (Lipinski definition) is 9. The van der Waals surface area contributed by atoms with Crippen molar-refractivity contribution in [2.24, 2.45) is 5.73 Å². The van der Waals surface area contributed by atoms with E-state index in [4.69, 9.17) is 10.5 Å². The first-order valence-corrected chi connectivity index (χ1v) is 13.9. The Morgan fingerprint density at radius 1 is 1.00 bits per heavy atom. The quantitative estimate of drug-likeness (QED) is 0.0835. The van der Waals surface area contributed by atoms with Crippen molar-refractivity contribution in [3.63, 3.8) is 0 Å². The van der Waals surface area contributed by atoms with Crippen molar-refractivity contribution in [1.29, 1.82) is 0 Å². The zero-order valence-electron chi connectivity index (χ0n) is 24.0. The fourth-order valence-corrected chi connectivity index (χ4v) is 4.10. The Labute approximate surface area is 249 Å². The number of hydrogen-bond donors (Lipinski definition) is 7. The number of rotatable bonds is 18. The summed E-state index contributed by atoms with van der Waals surface area (Å²) in [4.78, 5) is 73.3. The number of carbonyl (C=O) groups is 6. The van der Waals surface area contributed by atoms with Crippen LogP contribution in [0, 0.1) is 0 Å². The highest BCUT2D eigenvalue weighted by molar-refractivity contribution is 5.98. The molecule has 0 saturated heterocycles. The van der Waals surface area contributed by atoms with E-state index in [-0.39, 0.29) is 38.3 Å². The van der Waals surface area contributed by atoms with Gasteiger partial charge in [-0.05, 0) is 49.5 Å². The second kappa shape index (κ2) is 18.1. The van der Waals surface area contributed by atoms with Crippen LogP contribution in [0.4, 0.5) is 10.5 Å². The van der Waals surface area contributed by atoms with Gasteiger partial charge in [0.05, 0.1) is 6.61 Å². The maximum absolute atomic E-state index is 13.0. The average Bonchev–Trinajstić information content (AvgIpc) is 3.28. The molecule has 1 aliphatic rings. The van der Waals surface area contributed by atoms with E-state index in [0.29, 0.717) is 37.1 Å². The third-order valence-corrected chi connectivity index (χ3v) is 6.42. The van der Waals surface area contributed by atoms with Gasteiger partial charge in [-0.1, -0.05) is 18.6 Å².